The van der Waals surface area contributed by atoms with E-state index in [9.17, 15) is 12.8 Å². The van der Waals surface area contributed by atoms with Crippen LogP contribution in [0.25, 0.3) is 0 Å². The van der Waals surface area contributed by atoms with Gasteiger partial charge in [-0.2, -0.15) is 0 Å². The van der Waals surface area contributed by atoms with Gasteiger partial charge in [0.25, 0.3) is 0 Å². The van der Waals surface area contributed by atoms with Gasteiger partial charge < -0.3 is 0 Å². The number of rotatable bonds is 4. The molecule has 2 rings (SSSR count). The van der Waals surface area contributed by atoms with Crippen molar-refractivity contribution in [3.8, 4) is 0 Å². The van der Waals surface area contributed by atoms with Gasteiger partial charge in [0, 0.05) is 32.7 Å². The van der Waals surface area contributed by atoms with Crippen LogP contribution in [0.5, 0.6) is 0 Å². The molecule has 2 heterocycles. The second-order valence-corrected chi connectivity index (χ2v) is 7.05. The standard InChI is InChI=1S/C11H21FN2O2S/c12-11-4-7-13(10-11)8-9-17(15,16)14-5-2-1-3-6-14/h11H,1-10H2/t11-/m1/s1. The second-order valence-electron chi connectivity index (χ2n) is 4.96. The number of hydrogen-bond donors (Lipinski definition) is 0. The number of alkyl halides is 1. The molecule has 1 atom stereocenters. The van der Waals surface area contributed by atoms with Gasteiger partial charge in [0.05, 0.1) is 5.75 Å². The first-order valence-electron chi connectivity index (χ1n) is 6.42. The summed E-state index contributed by atoms with van der Waals surface area (Å²) in [6.07, 6.45) is 2.84. The molecule has 2 aliphatic rings. The summed E-state index contributed by atoms with van der Waals surface area (Å²) >= 11 is 0. The molecular weight excluding hydrogens is 243 g/mol. The van der Waals surface area contributed by atoms with Crippen LogP contribution in [0.4, 0.5) is 4.39 Å². The topological polar surface area (TPSA) is 40.6 Å². The molecule has 0 aromatic rings. The number of piperidine rings is 1. The van der Waals surface area contributed by atoms with Crippen LogP contribution in [0.1, 0.15) is 25.7 Å². The number of halogens is 1. The van der Waals surface area contributed by atoms with Gasteiger partial charge in [-0.05, 0) is 19.3 Å². The fraction of sp³-hybridized carbons (Fsp3) is 1.00. The first-order chi connectivity index (χ1) is 8.08. The van der Waals surface area contributed by atoms with Gasteiger partial charge >= 0.3 is 0 Å². The van der Waals surface area contributed by atoms with Crippen molar-refractivity contribution in [1.82, 2.24) is 9.21 Å². The minimum absolute atomic E-state index is 0.139. The van der Waals surface area contributed by atoms with Gasteiger partial charge in [0.15, 0.2) is 0 Å². The lowest BCUT2D eigenvalue weighted by molar-refractivity contribution is 0.294. The molecule has 0 bridgehead atoms. The van der Waals surface area contributed by atoms with E-state index in [-0.39, 0.29) is 5.75 Å². The average Bonchev–Trinajstić information content (AvgIpc) is 2.74. The van der Waals surface area contributed by atoms with E-state index in [2.05, 4.69) is 0 Å². The molecule has 0 amide bonds. The number of likely N-dealkylation sites (tertiary alicyclic amines) is 1. The lowest BCUT2D eigenvalue weighted by Crippen LogP contribution is -2.40. The van der Waals surface area contributed by atoms with Gasteiger partial charge in [-0.15, -0.1) is 0 Å². The quantitative estimate of drug-likeness (QED) is 0.756. The third kappa shape index (κ3) is 3.63. The minimum atomic E-state index is -3.12. The fourth-order valence-corrected chi connectivity index (χ4v) is 4.07. The van der Waals surface area contributed by atoms with Gasteiger partial charge in [-0.1, -0.05) is 6.42 Å². The van der Waals surface area contributed by atoms with E-state index in [0.717, 1.165) is 19.3 Å². The summed E-state index contributed by atoms with van der Waals surface area (Å²) in [5.41, 5.74) is 0. The molecule has 2 fully saturated rings. The Kier molecular flexibility index (Phi) is 4.38. The summed E-state index contributed by atoms with van der Waals surface area (Å²) in [6, 6.07) is 0. The van der Waals surface area contributed by atoms with Crippen LogP contribution in [0.2, 0.25) is 0 Å². The number of nitrogens with zero attached hydrogens (tertiary/aromatic N) is 2. The molecule has 4 nitrogen and oxygen atoms in total. The Hall–Kier alpha value is -0.200. The zero-order chi connectivity index (χ0) is 12.3. The van der Waals surface area contributed by atoms with Crippen molar-refractivity contribution in [1.29, 1.82) is 0 Å². The van der Waals surface area contributed by atoms with E-state index < -0.39 is 16.2 Å². The molecule has 0 radical (unpaired) electrons. The zero-order valence-electron chi connectivity index (χ0n) is 10.1. The molecule has 0 aromatic carbocycles. The maximum absolute atomic E-state index is 12.9. The molecule has 0 unspecified atom stereocenters. The summed E-state index contributed by atoms with van der Waals surface area (Å²) in [4.78, 5) is 1.91. The summed E-state index contributed by atoms with van der Waals surface area (Å²) in [7, 11) is -3.12. The molecule has 2 aliphatic heterocycles. The van der Waals surface area contributed by atoms with Gasteiger partial charge in [0.2, 0.25) is 10.0 Å². The largest absolute Gasteiger partial charge is 0.299 e. The van der Waals surface area contributed by atoms with E-state index >= 15 is 0 Å². The van der Waals surface area contributed by atoms with Gasteiger partial charge in [0.1, 0.15) is 6.17 Å². The SMILES string of the molecule is O=S(=O)(CCN1CC[C@@H](F)C1)N1CCCCC1. The maximum atomic E-state index is 12.9. The molecule has 2 saturated heterocycles. The van der Waals surface area contributed by atoms with Gasteiger partial charge in [-0.25, -0.2) is 17.1 Å². The molecule has 0 aliphatic carbocycles. The highest BCUT2D eigenvalue weighted by atomic mass is 32.2. The molecule has 0 aromatic heterocycles. The molecule has 17 heavy (non-hydrogen) atoms. The van der Waals surface area contributed by atoms with Crippen molar-refractivity contribution < 1.29 is 12.8 Å². The molecule has 0 saturated carbocycles. The van der Waals surface area contributed by atoms with E-state index in [1.807, 2.05) is 4.90 Å². The summed E-state index contributed by atoms with van der Waals surface area (Å²) in [5, 5.41) is 0. The van der Waals surface area contributed by atoms with Crippen LogP contribution < -0.4 is 0 Å². The Balaban J connectivity index is 1.80. The van der Waals surface area contributed by atoms with E-state index in [1.54, 1.807) is 4.31 Å². The van der Waals surface area contributed by atoms with Crippen LogP contribution in [0.15, 0.2) is 0 Å². The first-order valence-corrected chi connectivity index (χ1v) is 8.03. The van der Waals surface area contributed by atoms with Crippen molar-refractivity contribution in [2.24, 2.45) is 0 Å². The third-order valence-electron chi connectivity index (χ3n) is 3.59. The fourth-order valence-electron chi connectivity index (χ4n) is 2.51. The van der Waals surface area contributed by atoms with Crippen molar-refractivity contribution in [3.05, 3.63) is 0 Å². The first kappa shape index (κ1) is 13.2. The molecular formula is C11H21FN2O2S. The lowest BCUT2D eigenvalue weighted by atomic mass is 10.2. The summed E-state index contributed by atoms with van der Waals surface area (Å²) < 4.78 is 38.6. The van der Waals surface area contributed by atoms with E-state index in [4.69, 9.17) is 0 Å². The Morgan fingerprint density at radius 3 is 2.41 bits per heavy atom. The predicted octanol–water partition coefficient (Wildman–Crippen LogP) is 0.846. The highest BCUT2D eigenvalue weighted by molar-refractivity contribution is 7.89. The second kappa shape index (κ2) is 5.63. The van der Waals surface area contributed by atoms with E-state index in [0.29, 0.717) is 39.1 Å². The monoisotopic (exact) mass is 264 g/mol. The Bertz CT molecular complexity index is 341. The Morgan fingerprint density at radius 1 is 1.12 bits per heavy atom. The zero-order valence-corrected chi connectivity index (χ0v) is 11.0. The van der Waals surface area contributed by atoms with Crippen molar-refractivity contribution in [3.63, 3.8) is 0 Å². The van der Waals surface area contributed by atoms with Crippen LogP contribution in [-0.4, -0.2) is 62.3 Å². The molecule has 6 heteroatoms. The smallest absolute Gasteiger partial charge is 0.215 e. The summed E-state index contributed by atoms with van der Waals surface area (Å²) in [6.45, 7) is 2.88. The van der Waals surface area contributed by atoms with E-state index in [1.165, 1.54) is 0 Å². The summed E-state index contributed by atoms with van der Waals surface area (Å²) in [5.74, 6) is 0.139. The van der Waals surface area contributed by atoms with Crippen LogP contribution in [-0.2, 0) is 10.0 Å². The molecule has 0 spiro atoms. The van der Waals surface area contributed by atoms with Crippen LogP contribution in [0.3, 0.4) is 0 Å². The van der Waals surface area contributed by atoms with Crippen LogP contribution in [0, 0.1) is 0 Å². The third-order valence-corrected chi connectivity index (χ3v) is 5.44. The normalized spacial score (nSPS) is 28.6. The van der Waals surface area contributed by atoms with Crippen molar-refractivity contribution in [2.75, 3.05) is 38.5 Å². The van der Waals surface area contributed by atoms with Crippen molar-refractivity contribution in [2.45, 2.75) is 31.9 Å². The Morgan fingerprint density at radius 2 is 1.82 bits per heavy atom. The number of sulfonamides is 1. The lowest BCUT2D eigenvalue weighted by Gasteiger charge is -2.26. The average molecular weight is 264 g/mol. The minimum Gasteiger partial charge on any atom is -0.299 e. The number of hydrogen-bond acceptors (Lipinski definition) is 3. The van der Waals surface area contributed by atoms with Crippen LogP contribution >= 0.6 is 0 Å². The highest BCUT2D eigenvalue weighted by Crippen LogP contribution is 2.15. The van der Waals surface area contributed by atoms with Gasteiger partial charge in [-0.3, -0.25) is 4.90 Å². The molecule has 100 valence electrons. The maximum Gasteiger partial charge on any atom is 0.215 e. The molecule has 0 N–H and O–H groups in total. The highest BCUT2D eigenvalue weighted by Gasteiger charge is 2.27. The Labute approximate surface area is 103 Å². The van der Waals surface area contributed by atoms with Crippen molar-refractivity contribution >= 4 is 10.0 Å². The predicted molar refractivity (Wildman–Crippen MR) is 65.2 cm³/mol.